The van der Waals surface area contributed by atoms with Gasteiger partial charge in [-0.15, -0.1) is 0 Å². The van der Waals surface area contributed by atoms with E-state index in [0.717, 1.165) is 12.8 Å². The highest BCUT2D eigenvalue weighted by Gasteiger charge is 2.47. The lowest BCUT2D eigenvalue weighted by Crippen LogP contribution is -2.37. The number of benzene rings is 1. The Hall–Kier alpha value is -2.96. The first-order valence-electron chi connectivity index (χ1n) is 10.1. The molecule has 1 spiro atoms. The van der Waals surface area contributed by atoms with Crippen molar-refractivity contribution in [3.63, 3.8) is 0 Å². The fourth-order valence-electron chi connectivity index (χ4n) is 4.28. The Morgan fingerprint density at radius 3 is 2.62 bits per heavy atom. The number of fused-ring (bicyclic) bond motifs is 2. The summed E-state index contributed by atoms with van der Waals surface area (Å²) in [6.07, 6.45) is 3.22. The number of hydrogen-bond acceptors (Lipinski definition) is 4. The van der Waals surface area contributed by atoms with E-state index < -0.39 is 5.56 Å². The second-order valence-corrected chi connectivity index (χ2v) is 8.45. The number of carbonyl (C=O) groups excluding carboxylic acids is 2. The Balaban J connectivity index is 1.56. The molecule has 1 fully saturated rings. The molecule has 7 heteroatoms. The van der Waals surface area contributed by atoms with Gasteiger partial charge < -0.3 is 14.8 Å². The molecular weight excluding hydrogens is 368 g/mol. The highest BCUT2D eigenvalue weighted by molar-refractivity contribution is 5.94. The van der Waals surface area contributed by atoms with Gasteiger partial charge in [-0.2, -0.15) is 4.98 Å². The first kappa shape index (κ1) is 19.4. The van der Waals surface area contributed by atoms with Crippen molar-refractivity contribution >= 4 is 11.8 Å². The fourth-order valence-corrected chi connectivity index (χ4v) is 4.28. The van der Waals surface area contributed by atoms with Crippen molar-refractivity contribution in [3.8, 4) is 0 Å². The molecule has 0 radical (unpaired) electrons. The van der Waals surface area contributed by atoms with Gasteiger partial charge in [0.25, 0.3) is 17.4 Å². The van der Waals surface area contributed by atoms with E-state index in [2.05, 4.69) is 10.3 Å². The number of aryl methyl sites for hydroxylation is 1. The van der Waals surface area contributed by atoms with E-state index in [9.17, 15) is 14.4 Å². The van der Waals surface area contributed by atoms with Gasteiger partial charge in [0.2, 0.25) is 0 Å². The van der Waals surface area contributed by atoms with Crippen molar-refractivity contribution in [1.82, 2.24) is 19.8 Å². The van der Waals surface area contributed by atoms with E-state index >= 15 is 0 Å². The molecule has 1 saturated heterocycles. The summed E-state index contributed by atoms with van der Waals surface area (Å²) in [7, 11) is 0. The van der Waals surface area contributed by atoms with E-state index in [0.29, 0.717) is 43.5 Å². The summed E-state index contributed by atoms with van der Waals surface area (Å²) in [5, 5.41) is 2.79. The highest BCUT2D eigenvalue weighted by atomic mass is 16.2. The Morgan fingerprint density at radius 1 is 1.17 bits per heavy atom. The molecule has 2 aliphatic rings. The number of nitrogens with zero attached hydrogens (tertiary/aromatic N) is 3. The molecule has 1 unspecified atom stereocenters. The smallest absolute Gasteiger partial charge is 0.285 e. The normalized spacial score (nSPS) is 20.3. The molecule has 2 aliphatic heterocycles. The van der Waals surface area contributed by atoms with Gasteiger partial charge in [-0.3, -0.25) is 14.4 Å². The minimum absolute atomic E-state index is 0.00737. The Bertz CT molecular complexity index is 999. The minimum Gasteiger partial charge on any atom is -0.352 e. The monoisotopic (exact) mass is 394 g/mol. The zero-order chi connectivity index (χ0) is 20.6. The van der Waals surface area contributed by atoms with Gasteiger partial charge >= 0.3 is 0 Å². The van der Waals surface area contributed by atoms with Crippen LogP contribution in [0.3, 0.4) is 0 Å². The Morgan fingerprint density at radius 2 is 1.90 bits per heavy atom. The number of carbonyl (C=O) groups is 2. The fraction of sp³-hybridized carbons (Fsp3) is 0.455. The quantitative estimate of drug-likeness (QED) is 0.857. The molecule has 29 heavy (non-hydrogen) atoms. The van der Waals surface area contributed by atoms with Crippen molar-refractivity contribution in [2.75, 3.05) is 19.6 Å². The number of amides is 2. The molecular formula is C22H26N4O3. The second-order valence-electron chi connectivity index (χ2n) is 8.45. The molecule has 2 amide bonds. The van der Waals surface area contributed by atoms with Crippen LogP contribution in [0.2, 0.25) is 0 Å². The third kappa shape index (κ3) is 3.57. The lowest BCUT2D eigenvalue weighted by Gasteiger charge is -2.23. The van der Waals surface area contributed by atoms with Crippen LogP contribution in [0, 0.1) is 5.92 Å². The van der Waals surface area contributed by atoms with Gasteiger partial charge in [-0.25, -0.2) is 0 Å². The summed E-state index contributed by atoms with van der Waals surface area (Å²) in [5.41, 5.74) is -0.0466. The van der Waals surface area contributed by atoms with Crippen LogP contribution in [-0.2, 0) is 12.0 Å². The maximum absolute atomic E-state index is 12.8. The summed E-state index contributed by atoms with van der Waals surface area (Å²) in [5.74, 6) is 0.637. The molecule has 152 valence electrons. The van der Waals surface area contributed by atoms with E-state index in [1.807, 2.05) is 53.6 Å². The van der Waals surface area contributed by atoms with Gasteiger partial charge in [0.1, 0.15) is 11.4 Å². The third-order valence-electron chi connectivity index (χ3n) is 5.88. The van der Waals surface area contributed by atoms with E-state index in [4.69, 9.17) is 0 Å². The maximum atomic E-state index is 12.8. The van der Waals surface area contributed by atoms with Crippen molar-refractivity contribution in [2.24, 2.45) is 5.92 Å². The number of likely N-dealkylation sites (tertiary alicyclic amines) is 1. The first-order valence-corrected chi connectivity index (χ1v) is 10.1. The third-order valence-corrected chi connectivity index (χ3v) is 5.88. The lowest BCUT2D eigenvalue weighted by molar-refractivity contribution is 0.0783. The van der Waals surface area contributed by atoms with Crippen LogP contribution >= 0.6 is 0 Å². The van der Waals surface area contributed by atoms with Crippen molar-refractivity contribution in [2.45, 2.75) is 38.6 Å². The van der Waals surface area contributed by atoms with Crippen LogP contribution in [0.1, 0.15) is 53.2 Å². The van der Waals surface area contributed by atoms with Crippen LogP contribution in [0.4, 0.5) is 0 Å². The standard InChI is InChI=1S/C22H26N4O3/c1-15(2)12-23-18(27)17-13-25-10-8-22(21(25)24-19(17)28)9-11-26(14-22)20(29)16-6-4-3-5-7-16/h3-7,13,15H,8-12,14H2,1-2H3,(H,23,27). The average Bonchev–Trinajstić information content (AvgIpc) is 3.30. The molecule has 0 saturated carbocycles. The molecule has 1 N–H and O–H groups in total. The van der Waals surface area contributed by atoms with Crippen LogP contribution in [0.15, 0.2) is 41.3 Å². The highest BCUT2D eigenvalue weighted by Crippen LogP contribution is 2.41. The van der Waals surface area contributed by atoms with E-state index in [1.165, 1.54) is 0 Å². The SMILES string of the molecule is CC(C)CNC(=O)c1cn2c(nc1=O)C1(CCN(C(=O)c3ccccc3)C1)CC2. The zero-order valence-corrected chi connectivity index (χ0v) is 16.9. The first-order chi connectivity index (χ1) is 13.9. The molecule has 0 aliphatic carbocycles. The molecule has 7 nitrogen and oxygen atoms in total. The molecule has 4 rings (SSSR count). The number of aromatic nitrogens is 2. The molecule has 0 bridgehead atoms. The molecule has 1 atom stereocenters. The van der Waals surface area contributed by atoms with Crippen molar-refractivity contribution in [1.29, 1.82) is 0 Å². The van der Waals surface area contributed by atoms with Gasteiger partial charge in [0.05, 0.1) is 0 Å². The predicted molar refractivity (Wildman–Crippen MR) is 109 cm³/mol. The Labute approximate surface area is 169 Å². The summed E-state index contributed by atoms with van der Waals surface area (Å²) < 4.78 is 1.92. The minimum atomic E-state index is -0.494. The van der Waals surface area contributed by atoms with Crippen molar-refractivity contribution in [3.05, 3.63) is 63.8 Å². The summed E-state index contributed by atoms with van der Waals surface area (Å²) in [6, 6.07) is 9.25. The van der Waals surface area contributed by atoms with Gasteiger partial charge in [-0.05, 0) is 30.9 Å². The van der Waals surface area contributed by atoms with Gasteiger partial charge in [0, 0.05) is 43.4 Å². The largest absolute Gasteiger partial charge is 0.352 e. The van der Waals surface area contributed by atoms with Gasteiger partial charge in [-0.1, -0.05) is 32.0 Å². The molecule has 1 aromatic heterocycles. The van der Waals surface area contributed by atoms with E-state index in [1.54, 1.807) is 6.20 Å². The summed E-state index contributed by atoms with van der Waals surface area (Å²) >= 11 is 0. The zero-order valence-electron chi connectivity index (χ0n) is 16.9. The average molecular weight is 394 g/mol. The topological polar surface area (TPSA) is 84.3 Å². The molecule has 3 heterocycles. The Kier molecular flexibility index (Phi) is 4.98. The van der Waals surface area contributed by atoms with Crippen LogP contribution in [0.25, 0.3) is 0 Å². The van der Waals surface area contributed by atoms with Gasteiger partial charge in [0.15, 0.2) is 0 Å². The van der Waals surface area contributed by atoms with Crippen LogP contribution in [0.5, 0.6) is 0 Å². The van der Waals surface area contributed by atoms with Crippen LogP contribution in [-0.4, -0.2) is 45.9 Å². The molecule has 1 aromatic carbocycles. The predicted octanol–water partition coefficient (Wildman–Crippen LogP) is 1.82. The molecule has 2 aromatic rings. The number of hydrogen-bond donors (Lipinski definition) is 1. The maximum Gasteiger partial charge on any atom is 0.285 e. The summed E-state index contributed by atoms with van der Waals surface area (Å²) in [4.78, 5) is 43.9. The lowest BCUT2D eigenvalue weighted by atomic mass is 9.85. The number of nitrogens with one attached hydrogen (secondary N) is 1. The number of rotatable bonds is 4. The van der Waals surface area contributed by atoms with E-state index in [-0.39, 0.29) is 22.8 Å². The second kappa shape index (κ2) is 7.46. The summed E-state index contributed by atoms with van der Waals surface area (Å²) in [6.45, 7) is 6.40. The van der Waals surface area contributed by atoms with Crippen molar-refractivity contribution < 1.29 is 9.59 Å². The van der Waals surface area contributed by atoms with Crippen LogP contribution < -0.4 is 10.9 Å².